The van der Waals surface area contributed by atoms with Gasteiger partial charge in [0.1, 0.15) is 11.2 Å². The molecule has 2 aromatic heterocycles. The quantitative estimate of drug-likeness (QED) is 0.144. The first-order valence-corrected chi connectivity index (χ1v) is 23.6. The molecule has 11 aromatic carbocycles. The maximum atomic E-state index is 6.18. The van der Waals surface area contributed by atoms with Gasteiger partial charge in [-0.25, -0.2) is 0 Å². The minimum absolute atomic E-state index is 0.898. The summed E-state index contributed by atoms with van der Waals surface area (Å²) in [5.74, 6) is 0. The molecular formula is C66H44N2O. The molecule has 0 radical (unpaired) electrons. The van der Waals surface area contributed by atoms with E-state index in [0.29, 0.717) is 0 Å². The van der Waals surface area contributed by atoms with E-state index in [1.54, 1.807) is 0 Å². The number of para-hydroxylation sites is 3. The lowest BCUT2D eigenvalue weighted by molar-refractivity contribution is 0.669. The van der Waals surface area contributed by atoms with Crippen LogP contribution in [0, 0.1) is 0 Å². The number of anilines is 3. The summed E-state index contributed by atoms with van der Waals surface area (Å²) in [6, 6.07) is 96.2. The van der Waals surface area contributed by atoms with Crippen molar-refractivity contribution in [3.05, 3.63) is 267 Å². The summed E-state index contributed by atoms with van der Waals surface area (Å²) in [5.41, 5.74) is 20.3. The van der Waals surface area contributed by atoms with Gasteiger partial charge in [-0.3, -0.25) is 0 Å². The number of hydrogen-bond acceptors (Lipinski definition) is 2. The van der Waals surface area contributed by atoms with Gasteiger partial charge in [-0.1, -0.05) is 194 Å². The van der Waals surface area contributed by atoms with E-state index in [-0.39, 0.29) is 0 Å². The minimum Gasteiger partial charge on any atom is -0.456 e. The standard InChI is InChI=1S/C66H44N2O/c1-2-17-46(18-3-1)53-21-4-6-23-55(53)57-25-8-9-26-58(57)56-24-7-5-22-54(56)47-35-40-50(41-36-47)67(49-38-33-45(34-39-49)48-37-42-66-62(43-48)61-29-12-15-32-65(61)69-66)51-19-16-20-52(44-51)68-63-30-13-10-27-59(63)60-28-11-14-31-64(60)68/h1-44H. The van der Waals surface area contributed by atoms with Crippen LogP contribution in [0.3, 0.4) is 0 Å². The van der Waals surface area contributed by atoms with E-state index in [2.05, 4.69) is 264 Å². The van der Waals surface area contributed by atoms with Gasteiger partial charge in [-0.2, -0.15) is 0 Å². The lowest BCUT2D eigenvalue weighted by atomic mass is 9.87. The lowest BCUT2D eigenvalue weighted by Crippen LogP contribution is -2.10. The predicted octanol–water partition coefficient (Wildman–Crippen LogP) is 18.5. The van der Waals surface area contributed by atoms with Gasteiger partial charge in [0.2, 0.25) is 0 Å². The average molecular weight is 881 g/mol. The molecule has 3 nitrogen and oxygen atoms in total. The van der Waals surface area contributed by atoms with Crippen molar-refractivity contribution in [1.29, 1.82) is 0 Å². The van der Waals surface area contributed by atoms with Crippen LogP contribution >= 0.6 is 0 Å². The second-order valence-electron chi connectivity index (χ2n) is 17.6. The molecule has 0 unspecified atom stereocenters. The molecule has 0 aliphatic rings. The van der Waals surface area contributed by atoms with Crippen molar-refractivity contribution < 1.29 is 4.42 Å². The van der Waals surface area contributed by atoms with E-state index >= 15 is 0 Å². The Kier molecular flexibility index (Phi) is 9.84. The molecule has 0 N–H and O–H groups in total. The average Bonchev–Trinajstić information content (AvgIpc) is 3.97. The summed E-state index contributed by atoms with van der Waals surface area (Å²) in [7, 11) is 0. The lowest BCUT2D eigenvalue weighted by Gasteiger charge is -2.27. The highest BCUT2D eigenvalue weighted by atomic mass is 16.3. The number of rotatable bonds is 9. The van der Waals surface area contributed by atoms with Crippen LogP contribution in [0.15, 0.2) is 271 Å². The maximum absolute atomic E-state index is 6.18. The summed E-state index contributed by atoms with van der Waals surface area (Å²) >= 11 is 0. The molecule has 3 heteroatoms. The normalized spacial score (nSPS) is 11.5. The van der Waals surface area contributed by atoms with Crippen molar-refractivity contribution in [2.24, 2.45) is 0 Å². The van der Waals surface area contributed by atoms with Gasteiger partial charge in [-0.05, 0) is 128 Å². The highest BCUT2D eigenvalue weighted by Gasteiger charge is 2.19. The number of hydrogen-bond donors (Lipinski definition) is 0. The van der Waals surface area contributed by atoms with Gasteiger partial charge in [0.25, 0.3) is 0 Å². The van der Waals surface area contributed by atoms with Gasteiger partial charge in [0.15, 0.2) is 0 Å². The Balaban J connectivity index is 0.918. The minimum atomic E-state index is 0.898. The van der Waals surface area contributed by atoms with E-state index in [9.17, 15) is 0 Å². The number of benzene rings is 11. The van der Waals surface area contributed by atoms with Gasteiger partial charge >= 0.3 is 0 Å². The molecule has 13 rings (SSSR count). The first-order chi connectivity index (χ1) is 34.2. The maximum Gasteiger partial charge on any atom is 0.135 e. The summed E-state index contributed by atoms with van der Waals surface area (Å²) in [6.45, 7) is 0. The predicted molar refractivity (Wildman–Crippen MR) is 290 cm³/mol. The highest BCUT2D eigenvalue weighted by Crippen LogP contribution is 2.44. The van der Waals surface area contributed by atoms with E-state index in [4.69, 9.17) is 4.42 Å². The molecule has 324 valence electrons. The molecule has 0 aliphatic carbocycles. The van der Waals surface area contributed by atoms with Crippen molar-refractivity contribution in [2.45, 2.75) is 0 Å². The summed E-state index contributed by atoms with van der Waals surface area (Å²) in [4.78, 5) is 2.37. The zero-order valence-corrected chi connectivity index (χ0v) is 37.7. The molecular weight excluding hydrogens is 837 g/mol. The van der Waals surface area contributed by atoms with E-state index in [1.165, 1.54) is 60.8 Å². The Labute approximate surface area is 401 Å². The topological polar surface area (TPSA) is 21.3 Å². The zero-order chi connectivity index (χ0) is 45.7. The number of fused-ring (bicyclic) bond motifs is 6. The molecule has 0 saturated carbocycles. The molecule has 0 spiro atoms. The van der Waals surface area contributed by atoms with Crippen molar-refractivity contribution in [1.82, 2.24) is 4.57 Å². The van der Waals surface area contributed by atoms with E-state index in [0.717, 1.165) is 61.4 Å². The molecule has 0 amide bonds. The Morgan fingerprint density at radius 3 is 1.32 bits per heavy atom. The monoisotopic (exact) mass is 880 g/mol. The zero-order valence-electron chi connectivity index (χ0n) is 37.7. The summed E-state index contributed by atoms with van der Waals surface area (Å²) in [5, 5.41) is 4.74. The van der Waals surface area contributed by atoms with Crippen LogP contribution in [0.25, 0.3) is 105 Å². The fraction of sp³-hybridized carbons (Fsp3) is 0. The Bertz CT molecular complexity index is 3960. The molecule has 69 heavy (non-hydrogen) atoms. The largest absolute Gasteiger partial charge is 0.456 e. The van der Waals surface area contributed by atoms with Crippen LogP contribution in [-0.4, -0.2) is 4.57 Å². The van der Waals surface area contributed by atoms with E-state index in [1.807, 2.05) is 12.1 Å². The third kappa shape index (κ3) is 7.08. The Morgan fingerprint density at radius 1 is 0.261 bits per heavy atom. The SMILES string of the molecule is c1ccc(-c2ccccc2-c2ccccc2-c2ccccc2-c2ccc(N(c3ccc(-c4ccc5oc6ccccc6c5c4)cc3)c3cccc(-n4c5ccccc5c5ccccc54)c3)cc2)cc1. The van der Waals surface area contributed by atoms with Crippen molar-refractivity contribution in [3.63, 3.8) is 0 Å². The van der Waals surface area contributed by atoms with Gasteiger partial charge < -0.3 is 13.9 Å². The first-order valence-electron chi connectivity index (χ1n) is 23.6. The molecule has 13 aromatic rings. The van der Waals surface area contributed by atoms with Crippen LogP contribution in [-0.2, 0) is 0 Å². The Hall–Kier alpha value is -9.18. The van der Waals surface area contributed by atoms with Crippen molar-refractivity contribution in [3.8, 4) is 61.3 Å². The highest BCUT2D eigenvalue weighted by molar-refractivity contribution is 6.09. The van der Waals surface area contributed by atoms with Crippen LogP contribution in [0.4, 0.5) is 17.1 Å². The van der Waals surface area contributed by atoms with E-state index < -0.39 is 0 Å². The smallest absolute Gasteiger partial charge is 0.135 e. The van der Waals surface area contributed by atoms with Crippen molar-refractivity contribution in [2.75, 3.05) is 4.90 Å². The summed E-state index contributed by atoms with van der Waals surface area (Å²) < 4.78 is 8.57. The third-order valence-electron chi connectivity index (χ3n) is 13.6. The molecule has 0 fully saturated rings. The fourth-order valence-corrected chi connectivity index (χ4v) is 10.4. The summed E-state index contributed by atoms with van der Waals surface area (Å²) in [6.07, 6.45) is 0. The second-order valence-corrected chi connectivity index (χ2v) is 17.6. The van der Waals surface area contributed by atoms with Crippen LogP contribution in [0.5, 0.6) is 0 Å². The van der Waals surface area contributed by atoms with Gasteiger partial charge in [-0.15, -0.1) is 0 Å². The van der Waals surface area contributed by atoms with Gasteiger partial charge in [0.05, 0.1) is 11.0 Å². The molecule has 0 aliphatic heterocycles. The molecule has 0 saturated heterocycles. The van der Waals surface area contributed by atoms with Gasteiger partial charge in [0, 0.05) is 44.3 Å². The van der Waals surface area contributed by atoms with Crippen LogP contribution in [0.1, 0.15) is 0 Å². The van der Waals surface area contributed by atoms with Crippen LogP contribution in [0.2, 0.25) is 0 Å². The first kappa shape index (κ1) is 40.1. The fourth-order valence-electron chi connectivity index (χ4n) is 10.4. The number of aromatic nitrogens is 1. The van der Waals surface area contributed by atoms with Crippen molar-refractivity contribution >= 4 is 60.8 Å². The molecule has 0 atom stereocenters. The molecule has 0 bridgehead atoms. The number of furan rings is 1. The third-order valence-corrected chi connectivity index (χ3v) is 13.6. The van der Waals surface area contributed by atoms with Crippen LogP contribution < -0.4 is 4.90 Å². The second kappa shape index (κ2) is 16.9. The molecule has 2 heterocycles. The number of nitrogens with zero attached hydrogens (tertiary/aromatic N) is 2. The Morgan fingerprint density at radius 2 is 0.710 bits per heavy atom.